The molecule has 1 N–H and O–H groups in total. The van der Waals surface area contributed by atoms with Crippen LogP contribution >= 0.6 is 15.9 Å². The van der Waals surface area contributed by atoms with Crippen LogP contribution < -0.4 is 5.32 Å². The van der Waals surface area contributed by atoms with Gasteiger partial charge >= 0.3 is 0 Å². The number of nitrogens with zero attached hydrogens (tertiary/aromatic N) is 4. The predicted octanol–water partition coefficient (Wildman–Crippen LogP) is 6.09. The zero-order chi connectivity index (χ0) is 25.1. The number of hydrogen-bond donors (Lipinski definition) is 1. The van der Waals surface area contributed by atoms with Gasteiger partial charge in [0.2, 0.25) is 0 Å². The number of benzene rings is 3. The first-order valence-electron chi connectivity index (χ1n) is 11.8. The molecule has 0 unspecified atom stereocenters. The molecule has 0 radical (unpaired) electrons. The minimum atomic E-state index is -0.123. The van der Waals surface area contributed by atoms with E-state index >= 15 is 0 Å². The number of aryl methyl sites for hydroxylation is 1. The van der Waals surface area contributed by atoms with Crippen LogP contribution in [0.3, 0.4) is 0 Å². The number of aromatic nitrogens is 4. The number of rotatable bonds is 7. The molecule has 1 amide bonds. The van der Waals surface area contributed by atoms with Crippen LogP contribution in [0.5, 0.6) is 0 Å². The molecular weight excluding hydrogens is 514 g/mol. The van der Waals surface area contributed by atoms with Crippen molar-refractivity contribution in [1.82, 2.24) is 24.9 Å². The molecule has 0 saturated heterocycles. The monoisotopic (exact) mass is 539 g/mol. The van der Waals surface area contributed by atoms with Gasteiger partial charge in [-0.25, -0.2) is 4.68 Å². The van der Waals surface area contributed by atoms with Crippen molar-refractivity contribution in [3.05, 3.63) is 124 Å². The third-order valence-corrected chi connectivity index (χ3v) is 7.29. The summed E-state index contributed by atoms with van der Waals surface area (Å²) in [5.74, 6) is -0.123. The highest BCUT2D eigenvalue weighted by Gasteiger charge is 2.14. The van der Waals surface area contributed by atoms with E-state index in [1.165, 1.54) is 0 Å². The maximum Gasteiger partial charge on any atom is 0.251 e. The quantitative estimate of drug-likeness (QED) is 0.272. The van der Waals surface area contributed by atoms with Crippen molar-refractivity contribution < 1.29 is 4.79 Å². The average Bonchev–Trinajstić information content (AvgIpc) is 3.45. The van der Waals surface area contributed by atoms with Gasteiger partial charge in [-0.3, -0.25) is 9.48 Å². The largest absolute Gasteiger partial charge is 0.348 e. The molecule has 0 fully saturated rings. The fourth-order valence-corrected chi connectivity index (χ4v) is 4.42. The SMILES string of the molecule is Cc1nn(Cc2ccc(C(=O)NCc3cn(-c4ccccc4)nc3-c3ccccc3)cc2)c(C)c1Br. The normalized spacial score (nSPS) is 11.0. The van der Waals surface area contributed by atoms with Crippen molar-refractivity contribution in [3.8, 4) is 16.9 Å². The number of carbonyl (C=O) groups excluding carboxylic acids is 1. The fourth-order valence-electron chi connectivity index (χ4n) is 4.13. The zero-order valence-electron chi connectivity index (χ0n) is 20.1. The Hall–Kier alpha value is -3.97. The highest BCUT2D eigenvalue weighted by Crippen LogP contribution is 2.24. The summed E-state index contributed by atoms with van der Waals surface area (Å²) in [6.45, 7) is 5.04. The summed E-state index contributed by atoms with van der Waals surface area (Å²) >= 11 is 3.57. The summed E-state index contributed by atoms with van der Waals surface area (Å²) < 4.78 is 4.85. The van der Waals surface area contributed by atoms with E-state index < -0.39 is 0 Å². The van der Waals surface area contributed by atoms with Gasteiger partial charge in [0.05, 0.1) is 33.8 Å². The first-order chi connectivity index (χ1) is 17.5. The highest BCUT2D eigenvalue weighted by atomic mass is 79.9. The van der Waals surface area contributed by atoms with E-state index in [-0.39, 0.29) is 5.91 Å². The number of para-hydroxylation sites is 1. The van der Waals surface area contributed by atoms with Gasteiger partial charge in [-0.05, 0) is 59.6 Å². The molecule has 180 valence electrons. The van der Waals surface area contributed by atoms with Crippen molar-refractivity contribution in [1.29, 1.82) is 0 Å². The van der Waals surface area contributed by atoms with Crippen molar-refractivity contribution >= 4 is 21.8 Å². The van der Waals surface area contributed by atoms with E-state index in [9.17, 15) is 4.79 Å². The third-order valence-electron chi connectivity index (χ3n) is 6.14. The fraction of sp³-hybridized carbons (Fsp3) is 0.138. The Labute approximate surface area is 218 Å². The molecule has 36 heavy (non-hydrogen) atoms. The Morgan fingerprint density at radius 1 is 0.889 bits per heavy atom. The van der Waals surface area contributed by atoms with Gasteiger partial charge < -0.3 is 5.32 Å². The molecule has 2 aromatic heterocycles. The number of carbonyl (C=O) groups is 1. The molecule has 6 nitrogen and oxygen atoms in total. The van der Waals surface area contributed by atoms with Crippen LogP contribution in [-0.4, -0.2) is 25.5 Å². The topological polar surface area (TPSA) is 64.7 Å². The molecule has 0 bridgehead atoms. The molecular formula is C29H26BrN5O. The molecule has 0 spiro atoms. The molecule has 7 heteroatoms. The Kier molecular flexibility index (Phi) is 6.82. The summed E-state index contributed by atoms with van der Waals surface area (Å²) in [5, 5.41) is 12.5. The summed E-state index contributed by atoms with van der Waals surface area (Å²) in [5.41, 5.74) is 7.53. The molecule has 0 saturated carbocycles. The lowest BCUT2D eigenvalue weighted by Crippen LogP contribution is -2.22. The van der Waals surface area contributed by atoms with Crippen molar-refractivity contribution in [2.24, 2.45) is 0 Å². The van der Waals surface area contributed by atoms with E-state index in [2.05, 4.69) is 26.3 Å². The Morgan fingerprint density at radius 2 is 1.56 bits per heavy atom. The molecule has 3 aromatic carbocycles. The first-order valence-corrected chi connectivity index (χ1v) is 12.5. The standard InChI is InChI=1S/C29H26BrN5O/c1-20-27(30)21(2)34(32-20)18-22-13-15-24(16-14-22)29(36)31-17-25-19-35(26-11-7-4-8-12-26)33-28(25)23-9-5-3-6-10-23/h3-16,19H,17-18H2,1-2H3,(H,31,36). The van der Waals surface area contributed by atoms with Crippen LogP contribution in [-0.2, 0) is 13.1 Å². The molecule has 0 atom stereocenters. The predicted molar refractivity (Wildman–Crippen MR) is 145 cm³/mol. The van der Waals surface area contributed by atoms with Crippen LogP contribution in [0.1, 0.15) is 32.9 Å². The molecule has 2 heterocycles. The van der Waals surface area contributed by atoms with Crippen LogP contribution in [0.15, 0.2) is 95.6 Å². The summed E-state index contributed by atoms with van der Waals surface area (Å²) in [6, 6.07) is 27.7. The molecule has 0 aliphatic carbocycles. The molecule has 5 rings (SSSR count). The van der Waals surface area contributed by atoms with E-state index in [1.54, 1.807) is 0 Å². The van der Waals surface area contributed by atoms with E-state index in [0.29, 0.717) is 18.7 Å². The molecule has 0 aliphatic rings. The van der Waals surface area contributed by atoms with Crippen LogP contribution in [0, 0.1) is 13.8 Å². The second kappa shape index (κ2) is 10.3. The molecule has 5 aromatic rings. The third kappa shape index (κ3) is 5.02. The average molecular weight is 540 g/mol. The smallest absolute Gasteiger partial charge is 0.251 e. The Bertz CT molecular complexity index is 1490. The van der Waals surface area contributed by atoms with Crippen molar-refractivity contribution in [2.75, 3.05) is 0 Å². The molecule has 0 aliphatic heterocycles. The Morgan fingerprint density at radius 3 is 2.19 bits per heavy atom. The van der Waals surface area contributed by atoms with Gasteiger partial charge in [-0.15, -0.1) is 0 Å². The zero-order valence-corrected chi connectivity index (χ0v) is 21.7. The van der Waals surface area contributed by atoms with E-state index in [1.807, 2.05) is 114 Å². The maximum absolute atomic E-state index is 13.0. The lowest BCUT2D eigenvalue weighted by Gasteiger charge is -2.08. The van der Waals surface area contributed by atoms with Gasteiger partial charge in [0.15, 0.2) is 0 Å². The number of amides is 1. The summed E-state index contributed by atoms with van der Waals surface area (Å²) in [4.78, 5) is 13.0. The maximum atomic E-state index is 13.0. The Balaban J connectivity index is 1.31. The minimum absolute atomic E-state index is 0.123. The van der Waals surface area contributed by atoms with Crippen LogP contribution in [0.25, 0.3) is 16.9 Å². The van der Waals surface area contributed by atoms with Gasteiger partial charge in [0, 0.05) is 29.4 Å². The van der Waals surface area contributed by atoms with E-state index in [4.69, 9.17) is 5.10 Å². The number of hydrogen-bond acceptors (Lipinski definition) is 3. The minimum Gasteiger partial charge on any atom is -0.348 e. The first kappa shape index (κ1) is 23.8. The van der Waals surface area contributed by atoms with Crippen LogP contribution in [0.4, 0.5) is 0 Å². The second-order valence-corrected chi connectivity index (χ2v) is 9.46. The lowest BCUT2D eigenvalue weighted by atomic mass is 10.1. The summed E-state index contributed by atoms with van der Waals surface area (Å²) in [6.07, 6.45) is 1.98. The highest BCUT2D eigenvalue weighted by molar-refractivity contribution is 9.10. The number of nitrogens with one attached hydrogen (secondary N) is 1. The lowest BCUT2D eigenvalue weighted by molar-refractivity contribution is 0.0951. The summed E-state index contributed by atoms with van der Waals surface area (Å²) in [7, 11) is 0. The number of halogens is 1. The van der Waals surface area contributed by atoms with Gasteiger partial charge in [-0.2, -0.15) is 10.2 Å². The van der Waals surface area contributed by atoms with Gasteiger partial charge in [0.1, 0.15) is 0 Å². The van der Waals surface area contributed by atoms with Gasteiger partial charge in [-0.1, -0.05) is 60.7 Å². The van der Waals surface area contributed by atoms with E-state index in [0.717, 1.165) is 43.9 Å². The van der Waals surface area contributed by atoms with Crippen LogP contribution in [0.2, 0.25) is 0 Å². The van der Waals surface area contributed by atoms with Crippen molar-refractivity contribution in [2.45, 2.75) is 26.9 Å². The van der Waals surface area contributed by atoms with Gasteiger partial charge in [0.25, 0.3) is 5.91 Å². The second-order valence-electron chi connectivity index (χ2n) is 8.67. The van der Waals surface area contributed by atoms with Crippen molar-refractivity contribution in [3.63, 3.8) is 0 Å².